The molecule has 41 heavy (non-hydrogen) atoms. The van der Waals surface area contributed by atoms with Gasteiger partial charge in [-0.3, -0.25) is 0 Å². The van der Waals surface area contributed by atoms with Crippen molar-refractivity contribution >= 4 is 33.3 Å². The van der Waals surface area contributed by atoms with E-state index in [2.05, 4.69) is 98.7 Å². The van der Waals surface area contributed by atoms with Crippen LogP contribution in [0.25, 0.3) is 0 Å². The van der Waals surface area contributed by atoms with Crippen molar-refractivity contribution in [3.63, 3.8) is 0 Å². The summed E-state index contributed by atoms with van der Waals surface area (Å²) >= 11 is 0. The van der Waals surface area contributed by atoms with E-state index in [9.17, 15) is 0 Å². The molecule has 0 aromatic rings. The van der Waals surface area contributed by atoms with Crippen LogP contribution in [0.4, 0.5) is 0 Å². The molecular weight excluding hydrogens is 573 g/mol. The van der Waals surface area contributed by atoms with Gasteiger partial charge in [-0.05, 0) is 165 Å². The Kier molecular flexibility index (Phi) is 9.27. The van der Waals surface area contributed by atoms with E-state index in [0.717, 1.165) is 29.9 Å². The van der Waals surface area contributed by atoms with E-state index in [1.807, 2.05) is 0 Å². The van der Waals surface area contributed by atoms with Gasteiger partial charge in [-0.15, -0.1) is 0 Å². The summed E-state index contributed by atoms with van der Waals surface area (Å²) in [5, 5.41) is 0. The quantitative estimate of drug-likeness (QED) is 0.186. The fraction of sp³-hybridized carbons (Fsp3) is 0.939. The van der Waals surface area contributed by atoms with E-state index in [1.54, 1.807) is 0 Å². The number of fused-ring (bicyclic) bond motifs is 5. The molecule has 4 fully saturated rings. The summed E-state index contributed by atoms with van der Waals surface area (Å²) in [6.07, 6.45) is 14.1. The first-order valence-corrected chi connectivity index (χ1v) is 30.6. The lowest BCUT2D eigenvalue weighted by molar-refractivity contribution is -0.149. The highest BCUT2D eigenvalue weighted by Crippen LogP contribution is 2.70. The lowest BCUT2D eigenvalue weighted by Crippen LogP contribution is -2.60. The maximum absolute atomic E-state index is 7.49. The van der Waals surface area contributed by atoms with Crippen LogP contribution in [0.1, 0.15) is 71.6 Å². The molecule has 0 N–H and O–H groups in total. The maximum atomic E-state index is 7.49. The molecule has 238 valence electrons. The van der Waals surface area contributed by atoms with E-state index < -0.39 is 33.3 Å². The summed E-state index contributed by atoms with van der Waals surface area (Å²) in [5.74, 6) is 4.17. The molecule has 8 unspecified atom stereocenters. The monoisotopic (exact) mass is 638 g/mol. The summed E-state index contributed by atoms with van der Waals surface area (Å²) in [7, 11) is -7.08. The molecule has 0 aliphatic heterocycles. The summed E-state index contributed by atoms with van der Waals surface area (Å²) in [6, 6.07) is 0. The van der Waals surface area contributed by atoms with Crippen LogP contribution in [0.5, 0.6) is 0 Å². The first kappa shape index (κ1) is 34.0. The molecule has 4 saturated carbocycles. The van der Waals surface area contributed by atoms with Gasteiger partial charge in [0.2, 0.25) is 16.6 Å². The van der Waals surface area contributed by atoms with Gasteiger partial charge in [0.15, 0.2) is 16.6 Å². The molecule has 0 aromatic heterocycles. The third kappa shape index (κ3) is 7.18. The molecule has 4 nitrogen and oxygen atoms in total. The van der Waals surface area contributed by atoms with Crippen molar-refractivity contribution in [2.45, 2.75) is 162 Å². The van der Waals surface area contributed by atoms with Crippen molar-refractivity contribution in [2.75, 3.05) is 0 Å². The van der Waals surface area contributed by atoms with Gasteiger partial charge < -0.3 is 17.7 Å². The predicted molar refractivity (Wildman–Crippen MR) is 184 cm³/mol. The van der Waals surface area contributed by atoms with Gasteiger partial charge in [0, 0.05) is 11.5 Å². The molecule has 4 aliphatic carbocycles. The SMILES string of the molecule is CC12CCC(O[Si](C)(C)C)CC1CCC1C2CCC2(C)C1CCC2(O[Si](C)(C)C)/C(=C/O[Si](C)(C)C)O[Si](C)(C)C. The zero-order valence-corrected chi connectivity index (χ0v) is 33.5. The van der Waals surface area contributed by atoms with Crippen LogP contribution >= 0.6 is 0 Å². The van der Waals surface area contributed by atoms with E-state index in [4.69, 9.17) is 17.7 Å². The highest BCUT2D eigenvalue weighted by atomic mass is 28.4. The highest BCUT2D eigenvalue weighted by molar-refractivity contribution is 6.71. The summed E-state index contributed by atoms with van der Waals surface area (Å²) < 4.78 is 27.8. The predicted octanol–water partition coefficient (Wildman–Crippen LogP) is 10.4. The third-order valence-corrected chi connectivity index (χ3v) is 14.7. The van der Waals surface area contributed by atoms with Gasteiger partial charge in [0.05, 0.1) is 0 Å². The van der Waals surface area contributed by atoms with Gasteiger partial charge in [0.25, 0.3) is 0 Å². The van der Waals surface area contributed by atoms with Crippen LogP contribution in [-0.2, 0) is 17.7 Å². The minimum absolute atomic E-state index is 0.0735. The van der Waals surface area contributed by atoms with Crippen LogP contribution in [0.3, 0.4) is 0 Å². The van der Waals surface area contributed by atoms with E-state index >= 15 is 0 Å². The fourth-order valence-corrected chi connectivity index (χ4v) is 13.8. The maximum Gasteiger partial charge on any atom is 0.242 e. The highest BCUT2D eigenvalue weighted by Gasteiger charge is 2.68. The Morgan fingerprint density at radius 3 is 1.85 bits per heavy atom. The Balaban J connectivity index is 1.68. The molecule has 0 amide bonds. The Morgan fingerprint density at radius 1 is 0.659 bits per heavy atom. The first-order chi connectivity index (χ1) is 18.5. The topological polar surface area (TPSA) is 36.9 Å². The van der Waals surface area contributed by atoms with Crippen LogP contribution in [0.2, 0.25) is 78.6 Å². The van der Waals surface area contributed by atoms with Gasteiger partial charge >= 0.3 is 0 Å². The smallest absolute Gasteiger partial charge is 0.242 e. The fourth-order valence-electron chi connectivity index (χ4n) is 9.73. The molecule has 0 aromatic carbocycles. The summed E-state index contributed by atoms with van der Waals surface area (Å²) in [5.41, 5.74) is 0.153. The molecule has 4 aliphatic rings. The zero-order chi connectivity index (χ0) is 30.9. The molecule has 8 heteroatoms. The average molecular weight is 639 g/mol. The van der Waals surface area contributed by atoms with Gasteiger partial charge in [-0.2, -0.15) is 0 Å². The molecule has 0 spiro atoms. The number of rotatable bonds is 9. The average Bonchev–Trinajstić information content (AvgIpc) is 3.06. The number of hydrogen-bond donors (Lipinski definition) is 0. The van der Waals surface area contributed by atoms with Crippen molar-refractivity contribution in [1.82, 2.24) is 0 Å². The molecule has 0 radical (unpaired) electrons. The van der Waals surface area contributed by atoms with Gasteiger partial charge in [-0.25, -0.2) is 0 Å². The van der Waals surface area contributed by atoms with Crippen LogP contribution in [0, 0.1) is 34.5 Å². The summed E-state index contributed by atoms with van der Waals surface area (Å²) in [4.78, 5) is 0. The first-order valence-electron chi connectivity index (χ1n) is 16.9. The molecule has 0 heterocycles. The Hall–Kier alpha value is 0.128. The normalized spacial score (nSPS) is 40.4. The Bertz CT molecular complexity index is 974. The molecule has 8 atom stereocenters. The Labute approximate surface area is 258 Å². The molecule has 0 saturated heterocycles. The number of hydrogen-bond acceptors (Lipinski definition) is 4. The third-order valence-electron chi connectivity index (χ3n) is 11.1. The van der Waals surface area contributed by atoms with E-state index in [0.29, 0.717) is 17.4 Å². The second-order valence-electron chi connectivity index (χ2n) is 18.7. The standard InChI is InChI=1S/C33H66O4Si4/c1-31-20-17-26(35-39(6,7)8)23-25(31)15-16-27-28(31)18-21-32(2)29(27)19-22-33(32,37-41(12,13)14)30(36-40(9,10)11)24-34-38(3,4)5/h24-29H,15-23H2,1-14H3/b30-24-. The summed E-state index contributed by atoms with van der Waals surface area (Å²) in [6.45, 7) is 33.2. The van der Waals surface area contributed by atoms with Crippen LogP contribution in [0.15, 0.2) is 12.0 Å². The minimum atomic E-state index is -1.91. The van der Waals surface area contributed by atoms with Crippen molar-refractivity contribution in [2.24, 2.45) is 34.5 Å². The van der Waals surface area contributed by atoms with E-state index in [1.165, 1.54) is 51.4 Å². The van der Waals surface area contributed by atoms with Gasteiger partial charge in [0.1, 0.15) is 17.6 Å². The zero-order valence-electron chi connectivity index (χ0n) is 29.5. The minimum Gasteiger partial charge on any atom is -0.547 e. The van der Waals surface area contributed by atoms with Crippen molar-refractivity contribution in [1.29, 1.82) is 0 Å². The molecule has 0 bridgehead atoms. The Morgan fingerprint density at radius 2 is 1.29 bits per heavy atom. The largest absolute Gasteiger partial charge is 0.547 e. The van der Waals surface area contributed by atoms with Crippen molar-refractivity contribution in [3.05, 3.63) is 12.0 Å². The molecular formula is C33H66O4Si4. The van der Waals surface area contributed by atoms with E-state index in [-0.39, 0.29) is 11.0 Å². The second kappa shape index (κ2) is 11.2. The van der Waals surface area contributed by atoms with Crippen molar-refractivity contribution in [3.8, 4) is 0 Å². The van der Waals surface area contributed by atoms with Gasteiger partial charge in [-0.1, -0.05) is 13.8 Å². The van der Waals surface area contributed by atoms with Crippen molar-refractivity contribution < 1.29 is 17.7 Å². The lowest BCUT2D eigenvalue weighted by Gasteiger charge is -2.62. The second-order valence-corrected chi connectivity index (χ2v) is 36.5. The lowest BCUT2D eigenvalue weighted by atomic mass is 9.44. The van der Waals surface area contributed by atoms with Crippen LogP contribution < -0.4 is 0 Å². The van der Waals surface area contributed by atoms with Crippen LogP contribution in [-0.4, -0.2) is 45.0 Å². The molecule has 4 rings (SSSR count).